The van der Waals surface area contributed by atoms with Crippen LogP contribution in [0.2, 0.25) is 0 Å². The fourth-order valence-electron chi connectivity index (χ4n) is 1.44. The highest BCUT2D eigenvalue weighted by atomic mass is 16.2. The Labute approximate surface area is 84.5 Å². The first kappa shape index (κ1) is 11.0. The van der Waals surface area contributed by atoms with Crippen molar-refractivity contribution >= 4 is 0 Å². The Morgan fingerprint density at radius 1 is 1.29 bits per heavy atom. The lowest BCUT2D eigenvalue weighted by Crippen LogP contribution is -2.22. The Hall–Kier alpha value is -1.06. The highest BCUT2D eigenvalue weighted by Gasteiger charge is 1.99. The van der Waals surface area contributed by atoms with Gasteiger partial charge in [-0.3, -0.25) is 4.57 Å². The van der Waals surface area contributed by atoms with E-state index in [0.29, 0.717) is 0 Å². The normalized spacial score (nSPS) is 10.7. The van der Waals surface area contributed by atoms with Crippen LogP contribution in [0.25, 0.3) is 0 Å². The minimum absolute atomic E-state index is 0.0134. The smallest absolute Gasteiger partial charge is 0.285 e. The Morgan fingerprint density at radius 3 is 2.57 bits per heavy atom. The fourth-order valence-corrected chi connectivity index (χ4v) is 1.44. The topological polar surface area (TPSA) is 39.8 Å². The summed E-state index contributed by atoms with van der Waals surface area (Å²) in [7, 11) is 1.73. The van der Waals surface area contributed by atoms with Crippen LogP contribution in [0.1, 0.15) is 39.0 Å². The number of aromatic nitrogens is 3. The molecule has 1 aromatic rings. The predicted octanol–water partition coefficient (Wildman–Crippen LogP) is 1.55. The zero-order valence-electron chi connectivity index (χ0n) is 9.07. The van der Waals surface area contributed by atoms with Crippen molar-refractivity contribution in [3.8, 4) is 0 Å². The molecule has 0 unspecified atom stereocenters. The van der Waals surface area contributed by atoms with Gasteiger partial charge in [-0.25, -0.2) is 9.48 Å². The molecule has 0 amide bonds. The minimum atomic E-state index is -0.0134. The maximum atomic E-state index is 11.4. The molecule has 80 valence electrons. The van der Waals surface area contributed by atoms with Crippen LogP contribution in [0.4, 0.5) is 0 Å². The molecule has 1 heterocycles. The summed E-state index contributed by atoms with van der Waals surface area (Å²) in [6, 6.07) is 0. The molecule has 4 nitrogen and oxygen atoms in total. The molecule has 0 saturated carbocycles. The average molecular weight is 197 g/mol. The van der Waals surface area contributed by atoms with Crippen molar-refractivity contribution in [1.82, 2.24) is 14.3 Å². The summed E-state index contributed by atoms with van der Waals surface area (Å²) >= 11 is 0. The van der Waals surface area contributed by atoms with E-state index in [1.54, 1.807) is 13.4 Å². The van der Waals surface area contributed by atoms with E-state index >= 15 is 0 Å². The average Bonchev–Trinajstić information content (AvgIpc) is 2.49. The van der Waals surface area contributed by atoms with Crippen molar-refractivity contribution in [2.45, 2.75) is 45.6 Å². The second-order valence-corrected chi connectivity index (χ2v) is 3.66. The SMILES string of the molecule is CCCCCCCn1ncn(C)c1=O. The highest BCUT2D eigenvalue weighted by molar-refractivity contribution is 4.64. The van der Waals surface area contributed by atoms with Crippen LogP contribution < -0.4 is 5.69 Å². The number of hydrogen-bond donors (Lipinski definition) is 0. The number of unbranched alkanes of at least 4 members (excludes halogenated alkanes) is 4. The molecule has 0 atom stereocenters. The first-order valence-corrected chi connectivity index (χ1v) is 5.34. The zero-order chi connectivity index (χ0) is 10.4. The van der Waals surface area contributed by atoms with E-state index in [-0.39, 0.29) is 5.69 Å². The highest BCUT2D eigenvalue weighted by Crippen LogP contribution is 2.02. The van der Waals surface area contributed by atoms with Gasteiger partial charge in [-0.1, -0.05) is 32.6 Å². The van der Waals surface area contributed by atoms with E-state index in [1.165, 1.54) is 34.9 Å². The standard InChI is InChI=1S/C10H19N3O/c1-3-4-5-6-7-8-13-10(14)12(2)9-11-13/h9H,3-8H2,1-2H3. The van der Waals surface area contributed by atoms with Gasteiger partial charge in [0.2, 0.25) is 0 Å². The number of rotatable bonds is 6. The summed E-state index contributed by atoms with van der Waals surface area (Å²) in [4.78, 5) is 11.4. The largest absolute Gasteiger partial charge is 0.345 e. The third kappa shape index (κ3) is 3.01. The first-order valence-electron chi connectivity index (χ1n) is 5.34. The Bertz CT molecular complexity index is 313. The first-order chi connectivity index (χ1) is 6.75. The van der Waals surface area contributed by atoms with Crippen molar-refractivity contribution in [3.63, 3.8) is 0 Å². The third-order valence-corrected chi connectivity index (χ3v) is 2.36. The van der Waals surface area contributed by atoms with E-state index in [0.717, 1.165) is 13.0 Å². The van der Waals surface area contributed by atoms with Crippen LogP contribution in [0, 0.1) is 0 Å². The number of hydrogen-bond acceptors (Lipinski definition) is 2. The van der Waals surface area contributed by atoms with Crippen LogP contribution in [-0.4, -0.2) is 14.3 Å². The molecule has 1 rings (SSSR count). The molecule has 0 aromatic carbocycles. The molecule has 1 aromatic heterocycles. The molecule has 0 aliphatic heterocycles. The van der Waals surface area contributed by atoms with Gasteiger partial charge in [-0.15, -0.1) is 0 Å². The molecular weight excluding hydrogens is 178 g/mol. The molecule has 0 radical (unpaired) electrons. The van der Waals surface area contributed by atoms with Gasteiger partial charge in [0.15, 0.2) is 0 Å². The lowest BCUT2D eigenvalue weighted by Gasteiger charge is -1.99. The van der Waals surface area contributed by atoms with Crippen LogP contribution in [-0.2, 0) is 13.6 Å². The number of nitrogens with zero attached hydrogens (tertiary/aromatic N) is 3. The molecule has 4 heteroatoms. The van der Waals surface area contributed by atoms with Crippen LogP contribution >= 0.6 is 0 Å². The van der Waals surface area contributed by atoms with Gasteiger partial charge in [0.25, 0.3) is 0 Å². The maximum Gasteiger partial charge on any atom is 0.345 e. The van der Waals surface area contributed by atoms with Crippen molar-refractivity contribution in [1.29, 1.82) is 0 Å². The monoisotopic (exact) mass is 197 g/mol. The van der Waals surface area contributed by atoms with E-state index in [9.17, 15) is 4.79 Å². The molecular formula is C10H19N3O. The number of aryl methyl sites for hydroxylation is 2. The molecule has 0 N–H and O–H groups in total. The lowest BCUT2D eigenvalue weighted by atomic mass is 10.1. The maximum absolute atomic E-state index is 11.4. The van der Waals surface area contributed by atoms with Crippen LogP contribution in [0.3, 0.4) is 0 Å². The summed E-state index contributed by atoms with van der Waals surface area (Å²) in [5, 5.41) is 4.00. The van der Waals surface area contributed by atoms with E-state index in [2.05, 4.69) is 12.0 Å². The lowest BCUT2D eigenvalue weighted by molar-refractivity contribution is 0.517. The minimum Gasteiger partial charge on any atom is -0.285 e. The second kappa shape index (κ2) is 5.62. The Morgan fingerprint density at radius 2 is 2.00 bits per heavy atom. The van der Waals surface area contributed by atoms with E-state index in [1.807, 2.05) is 0 Å². The molecule has 0 saturated heterocycles. The van der Waals surface area contributed by atoms with Crippen molar-refractivity contribution in [2.75, 3.05) is 0 Å². The summed E-state index contributed by atoms with van der Waals surface area (Å²) in [5.74, 6) is 0. The summed E-state index contributed by atoms with van der Waals surface area (Å²) in [5.41, 5.74) is -0.0134. The van der Waals surface area contributed by atoms with Gasteiger partial charge in [0, 0.05) is 13.6 Å². The van der Waals surface area contributed by atoms with Gasteiger partial charge in [-0.2, -0.15) is 5.10 Å². The predicted molar refractivity (Wildman–Crippen MR) is 56.2 cm³/mol. The Balaban J connectivity index is 2.25. The molecule has 0 bridgehead atoms. The molecule has 0 fully saturated rings. The van der Waals surface area contributed by atoms with Crippen molar-refractivity contribution in [2.24, 2.45) is 7.05 Å². The van der Waals surface area contributed by atoms with Gasteiger partial charge in [0.1, 0.15) is 6.33 Å². The summed E-state index contributed by atoms with van der Waals surface area (Å²) in [6.07, 6.45) is 7.61. The van der Waals surface area contributed by atoms with Crippen LogP contribution in [0.5, 0.6) is 0 Å². The van der Waals surface area contributed by atoms with Crippen molar-refractivity contribution < 1.29 is 0 Å². The molecule has 0 spiro atoms. The third-order valence-electron chi connectivity index (χ3n) is 2.36. The quantitative estimate of drug-likeness (QED) is 0.649. The molecule has 14 heavy (non-hydrogen) atoms. The molecule has 0 aliphatic carbocycles. The summed E-state index contributed by atoms with van der Waals surface area (Å²) in [6.45, 7) is 2.95. The van der Waals surface area contributed by atoms with E-state index in [4.69, 9.17) is 0 Å². The van der Waals surface area contributed by atoms with Gasteiger partial charge in [-0.05, 0) is 6.42 Å². The zero-order valence-corrected chi connectivity index (χ0v) is 9.07. The van der Waals surface area contributed by atoms with Crippen molar-refractivity contribution in [3.05, 3.63) is 16.8 Å². The second-order valence-electron chi connectivity index (χ2n) is 3.66. The summed E-state index contributed by atoms with van der Waals surface area (Å²) < 4.78 is 3.04. The fraction of sp³-hybridized carbons (Fsp3) is 0.800. The Kier molecular flexibility index (Phi) is 4.43. The van der Waals surface area contributed by atoms with Gasteiger partial charge >= 0.3 is 5.69 Å². The van der Waals surface area contributed by atoms with E-state index < -0.39 is 0 Å². The van der Waals surface area contributed by atoms with Crippen LogP contribution in [0.15, 0.2) is 11.1 Å². The van der Waals surface area contributed by atoms with Gasteiger partial charge < -0.3 is 0 Å². The van der Waals surface area contributed by atoms with Gasteiger partial charge in [0.05, 0.1) is 0 Å². The molecule has 0 aliphatic rings.